The highest BCUT2D eigenvalue weighted by Gasteiger charge is 2.45. The SMILES string of the molecule is CCNC1(C(=O)O)CCC(Sc2ccc(Cl)c(Cl)c2)C1. The molecule has 1 aliphatic rings. The average molecular weight is 334 g/mol. The summed E-state index contributed by atoms with van der Waals surface area (Å²) in [6.45, 7) is 2.60. The number of likely N-dealkylation sites (N-methyl/N-ethyl adjacent to an activating group) is 1. The number of carbonyl (C=O) groups is 1. The molecule has 2 unspecified atom stereocenters. The summed E-state index contributed by atoms with van der Waals surface area (Å²) in [4.78, 5) is 12.5. The minimum atomic E-state index is -0.775. The molecule has 0 saturated heterocycles. The second-order valence-electron chi connectivity index (χ2n) is 4.98. The third-order valence-electron chi connectivity index (χ3n) is 3.59. The molecule has 0 spiro atoms. The van der Waals surface area contributed by atoms with Crippen molar-refractivity contribution in [1.29, 1.82) is 0 Å². The molecule has 1 aliphatic carbocycles. The highest BCUT2D eigenvalue weighted by atomic mass is 35.5. The molecule has 0 heterocycles. The lowest BCUT2D eigenvalue weighted by Crippen LogP contribution is -2.50. The van der Waals surface area contributed by atoms with E-state index in [1.165, 1.54) is 0 Å². The van der Waals surface area contributed by atoms with E-state index in [2.05, 4.69) is 5.32 Å². The van der Waals surface area contributed by atoms with Gasteiger partial charge in [0, 0.05) is 10.1 Å². The number of benzene rings is 1. The molecule has 110 valence electrons. The van der Waals surface area contributed by atoms with Crippen LogP contribution < -0.4 is 5.32 Å². The minimum Gasteiger partial charge on any atom is -0.480 e. The van der Waals surface area contributed by atoms with Gasteiger partial charge in [0.2, 0.25) is 0 Å². The summed E-state index contributed by atoms with van der Waals surface area (Å²) in [5, 5.41) is 13.9. The molecule has 0 aromatic heterocycles. The predicted octanol–water partition coefficient (Wildman–Crippen LogP) is 4.07. The Labute approximate surface area is 133 Å². The Hall–Kier alpha value is -0.420. The van der Waals surface area contributed by atoms with Gasteiger partial charge in [-0.05, 0) is 44.0 Å². The molecule has 0 radical (unpaired) electrons. The highest BCUT2D eigenvalue weighted by molar-refractivity contribution is 8.00. The van der Waals surface area contributed by atoms with Crippen molar-refractivity contribution in [2.75, 3.05) is 6.54 Å². The first kappa shape index (κ1) is 16.0. The Kier molecular flexibility index (Phi) is 5.24. The van der Waals surface area contributed by atoms with E-state index < -0.39 is 11.5 Å². The first-order valence-corrected chi connectivity index (χ1v) is 8.20. The second kappa shape index (κ2) is 6.56. The van der Waals surface area contributed by atoms with E-state index in [0.717, 1.165) is 11.3 Å². The van der Waals surface area contributed by atoms with Crippen LogP contribution in [0.15, 0.2) is 23.1 Å². The molecule has 2 rings (SSSR count). The number of rotatable bonds is 5. The van der Waals surface area contributed by atoms with Crippen LogP contribution >= 0.6 is 35.0 Å². The summed E-state index contributed by atoms with van der Waals surface area (Å²) in [6.07, 6.45) is 2.17. The average Bonchev–Trinajstić information content (AvgIpc) is 2.79. The van der Waals surface area contributed by atoms with Crippen LogP contribution in [-0.2, 0) is 4.79 Å². The molecule has 1 fully saturated rings. The zero-order chi connectivity index (χ0) is 14.8. The molecule has 2 atom stereocenters. The summed E-state index contributed by atoms with van der Waals surface area (Å²) in [7, 11) is 0. The Balaban J connectivity index is 2.05. The van der Waals surface area contributed by atoms with Crippen molar-refractivity contribution in [2.24, 2.45) is 0 Å². The first-order chi connectivity index (χ1) is 9.47. The van der Waals surface area contributed by atoms with Gasteiger partial charge in [-0.3, -0.25) is 4.79 Å². The standard InChI is InChI=1S/C14H17Cl2NO2S/c1-2-17-14(13(18)19)6-5-10(8-14)20-9-3-4-11(15)12(16)7-9/h3-4,7,10,17H,2,5-6,8H2,1H3,(H,18,19). The van der Waals surface area contributed by atoms with Crippen LogP contribution in [0.25, 0.3) is 0 Å². The zero-order valence-electron chi connectivity index (χ0n) is 11.2. The van der Waals surface area contributed by atoms with Gasteiger partial charge in [-0.1, -0.05) is 30.1 Å². The largest absolute Gasteiger partial charge is 0.480 e. The number of hydrogen-bond acceptors (Lipinski definition) is 3. The van der Waals surface area contributed by atoms with Crippen molar-refractivity contribution >= 4 is 40.9 Å². The summed E-state index contributed by atoms with van der Waals surface area (Å²) >= 11 is 13.6. The number of nitrogens with one attached hydrogen (secondary N) is 1. The number of halogens is 2. The van der Waals surface area contributed by atoms with Gasteiger partial charge < -0.3 is 10.4 Å². The van der Waals surface area contributed by atoms with Crippen LogP contribution in [0.4, 0.5) is 0 Å². The van der Waals surface area contributed by atoms with Gasteiger partial charge in [0.1, 0.15) is 5.54 Å². The number of aliphatic carboxylic acids is 1. The van der Waals surface area contributed by atoms with Crippen molar-refractivity contribution < 1.29 is 9.90 Å². The molecule has 1 saturated carbocycles. The number of carboxylic acids is 1. The second-order valence-corrected chi connectivity index (χ2v) is 7.16. The Morgan fingerprint density at radius 3 is 2.85 bits per heavy atom. The number of thioether (sulfide) groups is 1. The molecular formula is C14H17Cl2NO2S. The van der Waals surface area contributed by atoms with Crippen LogP contribution in [0.5, 0.6) is 0 Å². The molecule has 0 amide bonds. The Morgan fingerprint density at radius 2 is 2.25 bits per heavy atom. The molecule has 6 heteroatoms. The monoisotopic (exact) mass is 333 g/mol. The van der Waals surface area contributed by atoms with Crippen LogP contribution in [0.3, 0.4) is 0 Å². The molecule has 1 aromatic rings. The van der Waals surface area contributed by atoms with Crippen molar-refractivity contribution in [2.45, 2.75) is 41.9 Å². The van der Waals surface area contributed by atoms with Crippen molar-refractivity contribution in [3.63, 3.8) is 0 Å². The Bertz CT molecular complexity index is 512. The third-order valence-corrected chi connectivity index (χ3v) is 5.59. The van der Waals surface area contributed by atoms with Gasteiger partial charge in [-0.15, -0.1) is 11.8 Å². The highest BCUT2D eigenvalue weighted by Crippen LogP contribution is 2.41. The summed E-state index contributed by atoms with van der Waals surface area (Å²) < 4.78 is 0. The van der Waals surface area contributed by atoms with Crippen LogP contribution in [0.2, 0.25) is 10.0 Å². The first-order valence-electron chi connectivity index (χ1n) is 6.57. The van der Waals surface area contributed by atoms with Gasteiger partial charge in [0.25, 0.3) is 0 Å². The van der Waals surface area contributed by atoms with Crippen LogP contribution in [0.1, 0.15) is 26.2 Å². The number of carboxylic acid groups (broad SMARTS) is 1. The topological polar surface area (TPSA) is 49.3 Å². The number of hydrogen-bond donors (Lipinski definition) is 2. The molecule has 2 N–H and O–H groups in total. The fraction of sp³-hybridized carbons (Fsp3) is 0.500. The van der Waals surface area contributed by atoms with Gasteiger partial charge in [-0.2, -0.15) is 0 Å². The molecule has 1 aromatic carbocycles. The van der Waals surface area contributed by atoms with E-state index in [-0.39, 0.29) is 5.25 Å². The van der Waals surface area contributed by atoms with Crippen LogP contribution in [0, 0.1) is 0 Å². The van der Waals surface area contributed by atoms with Gasteiger partial charge in [-0.25, -0.2) is 0 Å². The maximum absolute atomic E-state index is 11.5. The van der Waals surface area contributed by atoms with Gasteiger partial charge in [0.15, 0.2) is 0 Å². The summed E-state index contributed by atoms with van der Waals surface area (Å²) in [5.41, 5.74) is -0.775. The maximum Gasteiger partial charge on any atom is 0.323 e. The summed E-state index contributed by atoms with van der Waals surface area (Å²) in [5.74, 6) is -0.753. The quantitative estimate of drug-likeness (QED) is 0.852. The Morgan fingerprint density at radius 1 is 1.50 bits per heavy atom. The van der Waals surface area contributed by atoms with Crippen molar-refractivity contribution in [3.05, 3.63) is 28.2 Å². The fourth-order valence-electron chi connectivity index (χ4n) is 2.61. The lowest BCUT2D eigenvalue weighted by Gasteiger charge is -2.25. The molecule has 0 aliphatic heterocycles. The molecule has 0 bridgehead atoms. The minimum absolute atomic E-state index is 0.280. The van der Waals surface area contributed by atoms with Gasteiger partial charge >= 0.3 is 5.97 Å². The summed E-state index contributed by atoms with van der Waals surface area (Å²) in [6, 6.07) is 5.53. The van der Waals surface area contributed by atoms with E-state index in [4.69, 9.17) is 23.2 Å². The molecule has 3 nitrogen and oxygen atoms in total. The lowest BCUT2D eigenvalue weighted by molar-refractivity contribution is -0.144. The predicted molar refractivity (Wildman–Crippen MR) is 84.0 cm³/mol. The maximum atomic E-state index is 11.5. The third kappa shape index (κ3) is 3.42. The van der Waals surface area contributed by atoms with E-state index in [9.17, 15) is 9.90 Å². The lowest BCUT2D eigenvalue weighted by atomic mass is 9.98. The van der Waals surface area contributed by atoms with E-state index in [0.29, 0.717) is 29.4 Å². The van der Waals surface area contributed by atoms with Gasteiger partial charge in [0.05, 0.1) is 10.0 Å². The molecular weight excluding hydrogens is 317 g/mol. The molecule has 20 heavy (non-hydrogen) atoms. The fourth-order valence-corrected chi connectivity index (χ4v) is 4.30. The van der Waals surface area contributed by atoms with Crippen molar-refractivity contribution in [3.8, 4) is 0 Å². The van der Waals surface area contributed by atoms with E-state index >= 15 is 0 Å². The van der Waals surface area contributed by atoms with Crippen LogP contribution in [-0.4, -0.2) is 28.4 Å². The zero-order valence-corrected chi connectivity index (χ0v) is 13.5. The van der Waals surface area contributed by atoms with Crippen molar-refractivity contribution in [1.82, 2.24) is 5.32 Å². The van der Waals surface area contributed by atoms with E-state index in [1.54, 1.807) is 17.8 Å². The normalized spacial score (nSPS) is 25.9. The van der Waals surface area contributed by atoms with E-state index in [1.807, 2.05) is 19.1 Å². The smallest absolute Gasteiger partial charge is 0.323 e.